The number of benzene rings is 2. The molecule has 31 heavy (non-hydrogen) atoms. The van der Waals surface area contributed by atoms with Gasteiger partial charge >= 0.3 is 5.69 Å². The molecule has 7 nitrogen and oxygen atoms in total. The van der Waals surface area contributed by atoms with E-state index in [-0.39, 0.29) is 18.6 Å². The van der Waals surface area contributed by atoms with Crippen LogP contribution in [0.2, 0.25) is 0 Å². The zero-order valence-corrected chi connectivity index (χ0v) is 18.1. The Kier molecular flexibility index (Phi) is 5.81. The van der Waals surface area contributed by atoms with E-state index in [2.05, 4.69) is 4.99 Å². The molecule has 0 spiro atoms. The lowest BCUT2D eigenvalue weighted by Gasteiger charge is -2.11. The Hall–Kier alpha value is -3.52. The summed E-state index contributed by atoms with van der Waals surface area (Å²) in [7, 11) is 0. The Balaban J connectivity index is 1.69. The Morgan fingerprint density at radius 2 is 1.77 bits per heavy atom. The minimum Gasteiger partial charge on any atom is -0.319 e. The fraction of sp³-hybridized carbons (Fsp3) is 0.217. The molecule has 0 aliphatic heterocycles. The lowest BCUT2D eigenvalue weighted by Crippen LogP contribution is -2.40. The smallest absolute Gasteiger partial charge is 0.319 e. The third-order valence-corrected chi connectivity index (χ3v) is 5.89. The molecule has 0 atom stereocenters. The van der Waals surface area contributed by atoms with E-state index in [0.29, 0.717) is 22.2 Å². The van der Waals surface area contributed by atoms with Crippen LogP contribution in [-0.4, -0.2) is 19.6 Å². The molecule has 0 radical (unpaired) electrons. The molecule has 8 heteroatoms. The maximum atomic E-state index is 12.8. The van der Waals surface area contributed by atoms with Crippen LogP contribution in [-0.2, 0) is 24.4 Å². The number of rotatable bonds is 5. The van der Waals surface area contributed by atoms with E-state index in [1.54, 1.807) is 31.2 Å². The van der Waals surface area contributed by atoms with E-state index >= 15 is 0 Å². The minimum absolute atomic E-state index is 0.231. The van der Waals surface area contributed by atoms with Crippen molar-refractivity contribution in [3.63, 3.8) is 0 Å². The summed E-state index contributed by atoms with van der Waals surface area (Å²) in [5.41, 5.74) is 1.87. The standard InChI is InChI=1S/C23H22N4O3S/c1-3-26-21(29)18-6-4-5-7-19(18)27(23(26)30)15-20(28)24-22-25(12-13-31-22)14-17-10-8-16(2)9-11-17/h4-13H,3,14-15H2,1-2H3. The number of hydrogen-bond acceptors (Lipinski definition) is 4. The number of thiazole rings is 1. The molecule has 2 aromatic heterocycles. The zero-order chi connectivity index (χ0) is 22.0. The molecular weight excluding hydrogens is 412 g/mol. The summed E-state index contributed by atoms with van der Waals surface area (Å²) in [5.74, 6) is -0.450. The molecule has 0 aliphatic carbocycles. The van der Waals surface area contributed by atoms with E-state index in [0.717, 1.165) is 10.1 Å². The van der Waals surface area contributed by atoms with Crippen molar-refractivity contribution in [2.24, 2.45) is 4.99 Å². The first-order chi connectivity index (χ1) is 15.0. The average Bonchev–Trinajstić information content (AvgIpc) is 3.19. The zero-order valence-electron chi connectivity index (χ0n) is 17.3. The summed E-state index contributed by atoms with van der Waals surface area (Å²) in [6.07, 6.45) is 1.88. The van der Waals surface area contributed by atoms with E-state index in [1.807, 2.05) is 47.3 Å². The van der Waals surface area contributed by atoms with Crippen molar-refractivity contribution in [2.75, 3.05) is 0 Å². The van der Waals surface area contributed by atoms with Crippen molar-refractivity contribution in [3.05, 3.63) is 96.9 Å². The Labute approximate surface area is 182 Å². The Bertz CT molecular complexity index is 1440. The van der Waals surface area contributed by atoms with Gasteiger partial charge in [-0.1, -0.05) is 42.0 Å². The highest BCUT2D eigenvalue weighted by Crippen LogP contribution is 2.08. The number of aryl methyl sites for hydroxylation is 1. The fourth-order valence-electron chi connectivity index (χ4n) is 3.48. The molecule has 0 saturated carbocycles. The van der Waals surface area contributed by atoms with Crippen LogP contribution in [0, 0.1) is 6.92 Å². The summed E-state index contributed by atoms with van der Waals surface area (Å²) in [6.45, 7) is 4.36. The van der Waals surface area contributed by atoms with Crippen molar-refractivity contribution in [3.8, 4) is 0 Å². The minimum atomic E-state index is -0.506. The van der Waals surface area contributed by atoms with Gasteiger partial charge in [0.2, 0.25) is 0 Å². The molecule has 0 aliphatic rings. The van der Waals surface area contributed by atoms with E-state index in [4.69, 9.17) is 0 Å². The molecule has 0 fully saturated rings. The molecule has 0 bridgehead atoms. The van der Waals surface area contributed by atoms with E-state index < -0.39 is 11.6 Å². The van der Waals surface area contributed by atoms with Gasteiger partial charge in [0, 0.05) is 24.7 Å². The molecule has 2 heterocycles. The summed E-state index contributed by atoms with van der Waals surface area (Å²) in [5, 5.41) is 2.28. The highest BCUT2D eigenvalue weighted by Gasteiger charge is 2.14. The first-order valence-electron chi connectivity index (χ1n) is 9.97. The first-order valence-corrected chi connectivity index (χ1v) is 10.9. The Morgan fingerprint density at radius 3 is 2.52 bits per heavy atom. The number of aromatic nitrogens is 3. The lowest BCUT2D eigenvalue weighted by molar-refractivity contribution is -0.118. The quantitative estimate of drug-likeness (QED) is 0.484. The van der Waals surface area contributed by atoms with Crippen LogP contribution < -0.4 is 16.1 Å². The summed E-state index contributed by atoms with van der Waals surface area (Å²) >= 11 is 1.36. The lowest BCUT2D eigenvalue weighted by atomic mass is 10.1. The van der Waals surface area contributed by atoms with Gasteiger partial charge < -0.3 is 4.57 Å². The number of para-hydroxylation sites is 1. The molecule has 0 N–H and O–H groups in total. The third-order valence-electron chi connectivity index (χ3n) is 5.10. The number of nitrogens with zero attached hydrogens (tertiary/aromatic N) is 4. The van der Waals surface area contributed by atoms with Gasteiger partial charge in [0.05, 0.1) is 10.9 Å². The van der Waals surface area contributed by atoms with Crippen LogP contribution in [0.4, 0.5) is 0 Å². The van der Waals surface area contributed by atoms with Crippen molar-refractivity contribution >= 4 is 28.1 Å². The molecular formula is C23H22N4O3S. The maximum absolute atomic E-state index is 12.8. The van der Waals surface area contributed by atoms with Crippen molar-refractivity contribution in [2.45, 2.75) is 33.5 Å². The molecule has 4 aromatic rings. The second kappa shape index (κ2) is 8.69. The van der Waals surface area contributed by atoms with Crippen LogP contribution in [0.1, 0.15) is 18.1 Å². The first kappa shape index (κ1) is 20.7. The molecule has 0 saturated heterocycles. The predicted molar refractivity (Wildman–Crippen MR) is 121 cm³/mol. The van der Waals surface area contributed by atoms with E-state index in [9.17, 15) is 14.4 Å². The van der Waals surface area contributed by atoms with Gasteiger partial charge in [-0.15, -0.1) is 11.3 Å². The highest BCUT2D eigenvalue weighted by molar-refractivity contribution is 7.07. The van der Waals surface area contributed by atoms with Crippen LogP contribution in [0.3, 0.4) is 0 Å². The van der Waals surface area contributed by atoms with E-state index in [1.165, 1.54) is 21.5 Å². The second-order valence-corrected chi connectivity index (χ2v) is 8.11. The number of carbonyl (C=O) groups excluding carboxylic acids is 1. The van der Waals surface area contributed by atoms with Crippen molar-refractivity contribution in [1.29, 1.82) is 0 Å². The summed E-state index contributed by atoms with van der Waals surface area (Å²) < 4.78 is 4.36. The molecule has 158 valence electrons. The number of hydrogen-bond donors (Lipinski definition) is 0. The maximum Gasteiger partial charge on any atom is 0.331 e. The van der Waals surface area contributed by atoms with Crippen molar-refractivity contribution in [1.82, 2.24) is 13.7 Å². The largest absolute Gasteiger partial charge is 0.331 e. The molecule has 2 aromatic carbocycles. The molecule has 1 amide bonds. The predicted octanol–water partition coefficient (Wildman–Crippen LogP) is 2.53. The van der Waals surface area contributed by atoms with Gasteiger partial charge in [-0.25, -0.2) is 4.79 Å². The number of amides is 1. The van der Waals surface area contributed by atoms with Gasteiger partial charge in [-0.2, -0.15) is 4.99 Å². The van der Waals surface area contributed by atoms with Crippen LogP contribution in [0.5, 0.6) is 0 Å². The number of carbonyl (C=O) groups is 1. The Morgan fingerprint density at radius 1 is 1.03 bits per heavy atom. The second-order valence-electron chi connectivity index (χ2n) is 7.24. The molecule has 4 rings (SSSR count). The van der Waals surface area contributed by atoms with Crippen LogP contribution >= 0.6 is 11.3 Å². The third kappa shape index (κ3) is 4.20. The normalized spacial score (nSPS) is 11.9. The summed E-state index contributed by atoms with van der Waals surface area (Å²) in [6, 6.07) is 15.0. The van der Waals surface area contributed by atoms with Gasteiger partial charge in [0.1, 0.15) is 6.54 Å². The van der Waals surface area contributed by atoms with Gasteiger partial charge in [0.25, 0.3) is 11.5 Å². The van der Waals surface area contributed by atoms with Gasteiger partial charge in [0.15, 0.2) is 4.80 Å². The fourth-order valence-corrected chi connectivity index (χ4v) is 4.22. The van der Waals surface area contributed by atoms with Gasteiger partial charge in [-0.05, 0) is 31.5 Å². The summed E-state index contributed by atoms with van der Waals surface area (Å²) in [4.78, 5) is 43.0. The van der Waals surface area contributed by atoms with Gasteiger partial charge in [-0.3, -0.25) is 18.7 Å². The average molecular weight is 435 g/mol. The highest BCUT2D eigenvalue weighted by atomic mass is 32.1. The number of fused-ring (bicyclic) bond motifs is 1. The SMILES string of the molecule is CCn1c(=O)c2ccccc2n(CC(=O)N=c2sccn2Cc2ccc(C)cc2)c1=O. The van der Waals surface area contributed by atoms with Crippen LogP contribution in [0.15, 0.2) is 74.7 Å². The monoisotopic (exact) mass is 434 g/mol. The topological polar surface area (TPSA) is 78.4 Å². The van der Waals surface area contributed by atoms with Crippen molar-refractivity contribution < 1.29 is 4.79 Å². The molecule has 0 unspecified atom stereocenters. The van der Waals surface area contributed by atoms with Crippen LogP contribution in [0.25, 0.3) is 10.9 Å².